The molecule has 86 valence electrons. The molecule has 0 amide bonds. The maximum Gasteiger partial charge on any atom is 0.339 e. The Kier molecular flexibility index (Phi) is 2.87. The first-order valence-electron chi connectivity index (χ1n) is 5.20. The molecule has 0 radical (unpaired) electrons. The maximum atomic E-state index is 11.1. The van der Waals surface area contributed by atoms with Crippen LogP contribution in [0.4, 0.5) is 0 Å². The Morgan fingerprint density at radius 1 is 1.24 bits per heavy atom. The molecule has 17 heavy (non-hydrogen) atoms. The number of aromatic nitrogens is 2. The number of hydrogen-bond acceptors (Lipinski definition) is 3. The van der Waals surface area contributed by atoms with Crippen LogP contribution in [0.3, 0.4) is 0 Å². The molecule has 0 saturated heterocycles. The zero-order valence-electron chi connectivity index (χ0n) is 9.64. The second kappa shape index (κ2) is 4.33. The molecule has 1 aromatic carbocycles. The average Bonchev–Trinajstić information content (AvgIpc) is 2.32. The fourth-order valence-corrected chi connectivity index (χ4v) is 1.60. The summed E-state index contributed by atoms with van der Waals surface area (Å²) in [7, 11) is 0. The largest absolute Gasteiger partial charge is 0.478 e. The van der Waals surface area contributed by atoms with Crippen molar-refractivity contribution in [2.75, 3.05) is 0 Å². The molecule has 4 heteroatoms. The number of nitrogens with zero attached hydrogens (tertiary/aromatic N) is 2. The first kappa shape index (κ1) is 11.3. The molecule has 1 N–H and O–H groups in total. The van der Waals surface area contributed by atoms with Crippen molar-refractivity contribution in [2.24, 2.45) is 0 Å². The van der Waals surface area contributed by atoms with Crippen molar-refractivity contribution >= 4 is 5.97 Å². The molecule has 0 saturated carbocycles. The van der Waals surface area contributed by atoms with Gasteiger partial charge in [0.05, 0.1) is 5.69 Å². The highest BCUT2D eigenvalue weighted by Gasteiger charge is 2.13. The second-order valence-electron chi connectivity index (χ2n) is 3.89. The lowest BCUT2D eigenvalue weighted by Crippen LogP contribution is -2.02. The smallest absolute Gasteiger partial charge is 0.339 e. The van der Waals surface area contributed by atoms with Crippen LogP contribution in [0.1, 0.15) is 21.5 Å². The van der Waals surface area contributed by atoms with Gasteiger partial charge in [0.1, 0.15) is 11.9 Å². The summed E-state index contributed by atoms with van der Waals surface area (Å²) in [6, 6.07) is 5.76. The molecule has 1 heterocycles. The fraction of sp³-hybridized carbons (Fsp3) is 0.154. The van der Waals surface area contributed by atoms with Crippen molar-refractivity contribution in [1.29, 1.82) is 0 Å². The topological polar surface area (TPSA) is 63.1 Å². The molecule has 0 unspecified atom stereocenters. The third-order valence-corrected chi connectivity index (χ3v) is 2.72. The number of carboxylic acid groups (broad SMARTS) is 1. The van der Waals surface area contributed by atoms with Crippen molar-refractivity contribution in [3.63, 3.8) is 0 Å². The normalized spacial score (nSPS) is 10.2. The molecule has 0 bridgehead atoms. The lowest BCUT2D eigenvalue weighted by atomic mass is 10.0. The van der Waals surface area contributed by atoms with Crippen LogP contribution in [0.25, 0.3) is 11.3 Å². The molecule has 1 aromatic heterocycles. The van der Waals surface area contributed by atoms with E-state index in [1.807, 2.05) is 32.0 Å². The Labute approximate surface area is 99.0 Å². The Bertz CT molecular complexity index is 579. The zero-order chi connectivity index (χ0) is 12.4. The molecule has 0 atom stereocenters. The highest BCUT2D eigenvalue weighted by atomic mass is 16.4. The quantitative estimate of drug-likeness (QED) is 0.857. The van der Waals surface area contributed by atoms with Crippen LogP contribution in [0.15, 0.2) is 30.7 Å². The average molecular weight is 228 g/mol. The molecule has 2 rings (SSSR count). The van der Waals surface area contributed by atoms with Gasteiger partial charge < -0.3 is 5.11 Å². The molecule has 0 aliphatic heterocycles. The number of carboxylic acids is 1. The van der Waals surface area contributed by atoms with E-state index in [1.54, 1.807) is 0 Å². The van der Waals surface area contributed by atoms with Crippen LogP contribution in [0, 0.1) is 13.8 Å². The van der Waals surface area contributed by atoms with Crippen LogP contribution in [0.5, 0.6) is 0 Å². The fourth-order valence-electron chi connectivity index (χ4n) is 1.60. The Morgan fingerprint density at radius 2 is 2.00 bits per heavy atom. The van der Waals surface area contributed by atoms with E-state index in [-0.39, 0.29) is 5.56 Å². The predicted octanol–water partition coefficient (Wildman–Crippen LogP) is 2.46. The SMILES string of the molecule is Cc1ccc(-c2ncncc2C(=O)O)cc1C. The predicted molar refractivity (Wildman–Crippen MR) is 63.9 cm³/mol. The molecule has 0 aliphatic rings. The van der Waals surface area contributed by atoms with Gasteiger partial charge >= 0.3 is 5.97 Å². The monoisotopic (exact) mass is 228 g/mol. The molecular weight excluding hydrogens is 216 g/mol. The summed E-state index contributed by atoms with van der Waals surface area (Å²) in [5, 5.41) is 9.07. The molecule has 0 fully saturated rings. The van der Waals surface area contributed by atoms with E-state index in [1.165, 1.54) is 18.1 Å². The summed E-state index contributed by atoms with van der Waals surface area (Å²) >= 11 is 0. The summed E-state index contributed by atoms with van der Waals surface area (Å²) in [5.74, 6) is -1.01. The van der Waals surface area contributed by atoms with E-state index in [0.29, 0.717) is 5.69 Å². The van der Waals surface area contributed by atoms with E-state index < -0.39 is 5.97 Å². The third kappa shape index (κ3) is 2.15. The van der Waals surface area contributed by atoms with E-state index in [2.05, 4.69) is 9.97 Å². The summed E-state index contributed by atoms with van der Waals surface area (Å²) in [6.07, 6.45) is 2.68. The van der Waals surface area contributed by atoms with Gasteiger partial charge in [0.2, 0.25) is 0 Å². The minimum absolute atomic E-state index is 0.121. The summed E-state index contributed by atoms with van der Waals surface area (Å²) in [5.41, 5.74) is 3.65. The van der Waals surface area contributed by atoms with Crippen LogP contribution < -0.4 is 0 Å². The maximum absolute atomic E-state index is 11.1. The third-order valence-electron chi connectivity index (χ3n) is 2.72. The number of aryl methyl sites for hydroxylation is 2. The highest BCUT2D eigenvalue weighted by molar-refractivity contribution is 5.94. The number of aromatic carboxylic acids is 1. The lowest BCUT2D eigenvalue weighted by molar-refractivity contribution is 0.0697. The van der Waals surface area contributed by atoms with Crippen LogP contribution in [0.2, 0.25) is 0 Å². The van der Waals surface area contributed by atoms with E-state index in [9.17, 15) is 4.79 Å². The summed E-state index contributed by atoms with van der Waals surface area (Å²) < 4.78 is 0. The van der Waals surface area contributed by atoms with Gasteiger partial charge in [0, 0.05) is 11.8 Å². The van der Waals surface area contributed by atoms with Gasteiger partial charge in [0.15, 0.2) is 0 Å². The van der Waals surface area contributed by atoms with E-state index in [4.69, 9.17) is 5.11 Å². The van der Waals surface area contributed by atoms with Gasteiger partial charge in [-0.2, -0.15) is 0 Å². The number of hydrogen-bond donors (Lipinski definition) is 1. The number of benzene rings is 1. The first-order chi connectivity index (χ1) is 8.09. The molecular formula is C13H12N2O2. The van der Waals surface area contributed by atoms with Crippen molar-refractivity contribution in [3.05, 3.63) is 47.4 Å². The minimum atomic E-state index is -1.01. The minimum Gasteiger partial charge on any atom is -0.478 e. The molecule has 4 nitrogen and oxygen atoms in total. The van der Waals surface area contributed by atoms with Crippen molar-refractivity contribution in [1.82, 2.24) is 9.97 Å². The van der Waals surface area contributed by atoms with Crippen LogP contribution in [-0.4, -0.2) is 21.0 Å². The van der Waals surface area contributed by atoms with Gasteiger partial charge in [0.25, 0.3) is 0 Å². The Morgan fingerprint density at radius 3 is 2.65 bits per heavy atom. The molecule has 2 aromatic rings. The van der Waals surface area contributed by atoms with Crippen LogP contribution >= 0.6 is 0 Å². The van der Waals surface area contributed by atoms with Crippen molar-refractivity contribution in [3.8, 4) is 11.3 Å². The second-order valence-corrected chi connectivity index (χ2v) is 3.89. The van der Waals surface area contributed by atoms with Gasteiger partial charge in [-0.1, -0.05) is 12.1 Å². The number of rotatable bonds is 2. The standard InChI is InChI=1S/C13H12N2O2/c1-8-3-4-10(5-9(8)2)12-11(13(16)17)6-14-7-15-12/h3-7H,1-2H3,(H,16,17). The summed E-state index contributed by atoms with van der Waals surface area (Å²) in [4.78, 5) is 18.9. The van der Waals surface area contributed by atoms with Crippen molar-refractivity contribution in [2.45, 2.75) is 13.8 Å². The van der Waals surface area contributed by atoms with Gasteiger partial charge in [-0.3, -0.25) is 0 Å². The zero-order valence-corrected chi connectivity index (χ0v) is 9.64. The Balaban J connectivity index is 2.60. The van der Waals surface area contributed by atoms with Gasteiger partial charge in [-0.15, -0.1) is 0 Å². The molecule has 0 spiro atoms. The van der Waals surface area contributed by atoms with Gasteiger partial charge in [-0.25, -0.2) is 14.8 Å². The van der Waals surface area contributed by atoms with E-state index in [0.717, 1.165) is 11.1 Å². The van der Waals surface area contributed by atoms with Crippen LogP contribution in [-0.2, 0) is 0 Å². The summed E-state index contributed by atoms with van der Waals surface area (Å²) in [6.45, 7) is 4.00. The van der Waals surface area contributed by atoms with Crippen molar-refractivity contribution < 1.29 is 9.90 Å². The number of carbonyl (C=O) groups is 1. The Hall–Kier alpha value is -2.23. The highest BCUT2D eigenvalue weighted by Crippen LogP contribution is 2.22. The molecule has 0 aliphatic carbocycles. The first-order valence-corrected chi connectivity index (χ1v) is 5.20. The van der Waals surface area contributed by atoms with E-state index >= 15 is 0 Å². The lowest BCUT2D eigenvalue weighted by Gasteiger charge is -2.06. The van der Waals surface area contributed by atoms with Gasteiger partial charge in [-0.05, 0) is 31.0 Å².